The van der Waals surface area contributed by atoms with Crippen molar-refractivity contribution in [2.75, 3.05) is 88.3 Å². The summed E-state index contributed by atoms with van der Waals surface area (Å²) in [4.78, 5) is 68.6. The Kier molecular flexibility index (Phi) is 13.4. The van der Waals surface area contributed by atoms with E-state index in [1.165, 1.54) is 16.8 Å². The number of hydrogen-bond donors (Lipinski definition) is 3. The van der Waals surface area contributed by atoms with E-state index >= 15 is 8.78 Å². The minimum atomic E-state index is -2.90. The predicted molar refractivity (Wildman–Crippen MR) is 262 cm³/mol. The fraction of sp³-hybridized carbons (Fsp3) is 0.490. The smallest absolute Gasteiger partial charge is 0.274 e. The first kappa shape index (κ1) is 47.8. The monoisotopic (exact) mass is 967 g/mol. The predicted octanol–water partition coefficient (Wildman–Crippen LogP) is 5.28. The first-order chi connectivity index (χ1) is 33.0. The zero-order valence-corrected chi connectivity index (χ0v) is 40.8. The molecule has 4 aromatic rings. The number of piperazine rings is 1. The van der Waals surface area contributed by atoms with Crippen molar-refractivity contribution in [2.24, 2.45) is 24.8 Å². The second-order valence-corrected chi connectivity index (χ2v) is 22.5. The van der Waals surface area contributed by atoms with Crippen LogP contribution < -0.4 is 36.5 Å². The Bertz CT molecular complexity index is 2870. The summed E-state index contributed by atoms with van der Waals surface area (Å²) in [6, 6.07) is 7.94. The van der Waals surface area contributed by atoms with E-state index in [1.807, 2.05) is 28.9 Å². The molecule has 20 heteroatoms. The van der Waals surface area contributed by atoms with Crippen molar-refractivity contribution in [3.63, 3.8) is 0 Å². The van der Waals surface area contributed by atoms with E-state index in [2.05, 4.69) is 42.8 Å². The molecule has 1 aliphatic carbocycles. The third-order valence-corrected chi connectivity index (χ3v) is 16.0. The fourth-order valence-electron chi connectivity index (χ4n) is 10.7. The molecule has 69 heavy (non-hydrogen) atoms. The van der Waals surface area contributed by atoms with Crippen LogP contribution in [-0.4, -0.2) is 137 Å². The summed E-state index contributed by atoms with van der Waals surface area (Å²) >= 11 is 0. The Morgan fingerprint density at radius 3 is 2.33 bits per heavy atom. The number of nitrogens with zero attached hydrogens (tertiary/aromatic N) is 8. The molecule has 9 rings (SSSR count). The first-order valence-electron chi connectivity index (χ1n) is 23.7. The van der Waals surface area contributed by atoms with Crippen molar-refractivity contribution >= 4 is 69.8 Å². The number of imide groups is 1. The first-order valence-corrected chi connectivity index (χ1v) is 26.3. The highest BCUT2D eigenvalue weighted by Gasteiger charge is 2.43. The molecule has 0 radical (unpaired) electrons. The molecular weight excluding hydrogens is 908 g/mol. The number of carbonyl (C=O) groups excluding carboxylic acids is 3. The van der Waals surface area contributed by atoms with Crippen LogP contribution in [0.25, 0.3) is 10.8 Å². The Morgan fingerprint density at radius 2 is 1.64 bits per heavy atom. The van der Waals surface area contributed by atoms with E-state index in [0.717, 1.165) is 55.8 Å². The lowest BCUT2D eigenvalue weighted by atomic mass is 9.79. The average molecular weight is 968 g/mol. The largest absolute Gasteiger partial charge is 0.494 e. The van der Waals surface area contributed by atoms with Crippen LogP contribution in [0.3, 0.4) is 0 Å². The van der Waals surface area contributed by atoms with Crippen LogP contribution in [0.1, 0.15) is 43.2 Å². The molecule has 2 aromatic heterocycles. The number of ether oxygens (including phenoxy) is 1. The van der Waals surface area contributed by atoms with Gasteiger partial charge in [-0.3, -0.25) is 29.4 Å². The third-order valence-electron chi connectivity index (χ3n) is 14.5. The van der Waals surface area contributed by atoms with Gasteiger partial charge in [0.15, 0.2) is 0 Å². The molecule has 3 N–H and O–H groups in total. The van der Waals surface area contributed by atoms with Crippen LogP contribution in [0.15, 0.2) is 65.1 Å². The van der Waals surface area contributed by atoms with Gasteiger partial charge in [0, 0.05) is 112 Å². The van der Waals surface area contributed by atoms with Crippen LogP contribution in [0.2, 0.25) is 0 Å². The lowest BCUT2D eigenvalue weighted by Crippen LogP contribution is -2.55. The Morgan fingerprint density at radius 1 is 0.899 bits per heavy atom. The number of fused-ring (bicyclic) bond motifs is 1. The number of benzene rings is 2. The topological polar surface area (TPSA) is 187 Å². The summed E-state index contributed by atoms with van der Waals surface area (Å²) < 4.78 is 51.6. The molecule has 4 fully saturated rings. The fourth-order valence-corrected chi connectivity index (χ4v) is 12.2. The minimum absolute atomic E-state index is 0.0564. The molecule has 17 nitrogen and oxygen atoms in total. The van der Waals surface area contributed by atoms with E-state index in [-0.39, 0.29) is 30.2 Å². The normalized spacial score (nSPS) is 22.9. The van der Waals surface area contributed by atoms with Gasteiger partial charge in [-0.1, -0.05) is 0 Å². The van der Waals surface area contributed by atoms with Crippen molar-refractivity contribution < 1.29 is 32.5 Å². The molecule has 366 valence electrons. The number of hydrogen-bond acceptors (Lipinski definition) is 14. The summed E-state index contributed by atoms with van der Waals surface area (Å²) in [5.74, 6) is -2.68. The molecule has 4 saturated heterocycles. The van der Waals surface area contributed by atoms with Crippen LogP contribution in [0.5, 0.6) is 5.75 Å². The number of piperidine rings is 2. The quantitative estimate of drug-likeness (QED) is 0.130. The van der Waals surface area contributed by atoms with Gasteiger partial charge in [-0.25, -0.2) is 18.4 Å². The Balaban J connectivity index is 0.781. The maximum atomic E-state index is 15.4. The summed E-state index contributed by atoms with van der Waals surface area (Å²) in [5, 5.41) is 14.6. The van der Waals surface area contributed by atoms with E-state index < -0.39 is 42.8 Å². The second kappa shape index (κ2) is 19.3. The maximum absolute atomic E-state index is 15.4. The maximum Gasteiger partial charge on any atom is 0.274 e. The van der Waals surface area contributed by atoms with Crippen molar-refractivity contribution in [2.45, 2.75) is 58.2 Å². The zero-order valence-electron chi connectivity index (χ0n) is 39.9. The van der Waals surface area contributed by atoms with Crippen molar-refractivity contribution in [3.8, 4) is 5.75 Å². The minimum Gasteiger partial charge on any atom is -0.494 e. The van der Waals surface area contributed by atoms with Gasteiger partial charge in [-0.05, 0) is 88.8 Å². The van der Waals surface area contributed by atoms with Crippen LogP contribution in [0, 0.1) is 31.6 Å². The number of amides is 3. The van der Waals surface area contributed by atoms with Gasteiger partial charge in [-0.2, -0.15) is 10.1 Å². The molecule has 3 amide bonds. The number of methoxy groups -OCH3 is 1. The zero-order chi connectivity index (χ0) is 48.9. The summed E-state index contributed by atoms with van der Waals surface area (Å²) in [6.45, 7) is 12.7. The van der Waals surface area contributed by atoms with Gasteiger partial charge < -0.3 is 34.6 Å². The number of anilines is 5. The molecular formula is C49H60F2N11O6P. The highest BCUT2D eigenvalue weighted by atomic mass is 31.2. The van der Waals surface area contributed by atoms with Gasteiger partial charge in [0.2, 0.25) is 23.7 Å². The number of aryl methyl sites for hydroxylation is 3. The Hall–Kier alpha value is -6.20. The van der Waals surface area contributed by atoms with E-state index in [4.69, 9.17) is 9.72 Å². The summed E-state index contributed by atoms with van der Waals surface area (Å²) in [6.07, 6.45) is 6.91. The van der Waals surface area contributed by atoms with Crippen molar-refractivity contribution in [3.05, 3.63) is 81.8 Å². The molecule has 4 atom stereocenters. The number of alkyl halides is 1. The van der Waals surface area contributed by atoms with Gasteiger partial charge in [0.05, 0.1) is 47.8 Å². The van der Waals surface area contributed by atoms with Crippen molar-refractivity contribution in [1.29, 1.82) is 0 Å². The highest BCUT2D eigenvalue weighted by Crippen LogP contribution is 2.42. The summed E-state index contributed by atoms with van der Waals surface area (Å²) in [7, 11) is 0.319. The van der Waals surface area contributed by atoms with Crippen LogP contribution in [0.4, 0.5) is 37.6 Å². The SMILES string of the molecule is COc1cc(N2CCC(N3CCN(C(=O)[C@@H]4CCN(C5=CC(F)C([C@H]6CCC(=O)NC6=O)C(F)=C5)C4)CC3)CC2)c(C)cc1Nc1ncc(C)c(Nc2ccc3c(=O)n(C)ncc3c2P(C)(C)=O)n1. The number of carbonyl (C=O) groups is 3. The average Bonchev–Trinajstić information content (AvgIpc) is 3.82. The standard InChI is InChI=1S/C49H60F2N11O6P/c1-28-21-39(55-49-52-25-29(2)45(57-49)54-38-9-7-33-35(44(38)69(5,6)67)26-53-58(3)48(33)66)41(68-4)24-40(28)60-15-12-31(13-16-60)59-17-19-61(20-18-59)47(65)30-11-14-62(27-30)32-22-36(50)43(37(51)23-32)34-8-10-42(63)56-46(34)64/h7,9,21-26,30-31,34,36,43H,8,10-20,27H2,1-6H3,(H,56,63,64)(H2,52,54,55,57)/t30-,34-,36?,43?/m1/s1. The van der Waals surface area contributed by atoms with Crippen LogP contribution >= 0.6 is 7.14 Å². The molecule has 2 unspecified atom stereocenters. The van der Waals surface area contributed by atoms with Gasteiger partial charge in [0.1, 0.15) is 30.7 Å². The van der Waals surface area contributed by atoms with E-state index in [1.54, 1.807) is 52.0 Å². The number of halogens is 2. The van der Waals surface area contributed by atoms with Gasteiger partial charge in [-0.15, -0.1) is 0 Å². The molecule has 0 saturated carbocycles. The van der Waals surface area contributed by atoms with Gasteiger partial charge in [0.25, 0.3) is 5.56 Å². The molecule has 0 spiro atoms. The number of rotatable bonds is 11. The van der Waals surface area contributed by atoms with Gasteiger partial charge >= 0.3 is 0 Å². The van der Waals surface area contributed by atoms with E-state index in [0.29, 0.717) is 89.3 Å². The second-order valence-electron chi connectivity index (χ2n) is 19.3. The van der Waals surface area contributed by atoms with E-state index in [9.17, 15) is 23.7 Å². The summed E-state index contributed by atoms with van der Waals surface area (Å²) in [5.41, 5.74) is 4.30. The van der Waals surface area contributed by atoms with Crippen LogP contribution in [-0.2, 0) is 26.0 Å². The highest BCUT2D eigenvalue weighted by molar-refractivity contribution is 7.71. The van der Waals surface area contributed by atoms with Crippen molar-refractivity contribution in [1.82, 2.24) is 39.8 Å². The number of nitrogens with one attached hydrogen (secondary N) is 3. The molecule has 5 aliphatic rings. The molecule has 6 heterocycles. The number of likely N-dealkylation sites (tertiary alicyclic amines) is 1. The lowest BCUT2D eigenvalue weighted by Gasteiger charge is -2.44. The molecule has 4 aliphatic heterocycles. The third kappa shape index (κ3) is 9.72. The Labute approximate surface area is 399 Å². The number of allylic oxidation sites excluding steroid dienone is 3. The lowest BCUT2D eigenvalue weighted by molar-refractivity contribution is -0.139. The molecule has 2 aromatic carbocycles. The number of aromatic nitrogens is 4. The molecule has 0 bridgehead atoms.